The Morgan fingerprint density at radius 3 is 2.68 bits per heavy atom. The van der Waals surface area contributed by atoms with Gasteiger partial charge in [-0.1, -0.05) is 12.5 Å². The summed E-state index contributed by atoms with van der Waals surface area (Å²) in [5, 5.41) is 14.2. The smallest absolute Gasteiger partial charge is 0.329 e. The summed E-state index contributed by atoms with van der Waals surface area (Å²) in [6, 6.07) is 4.17. The molecule has 22 heavy (non-hydrogen) atoms. The third kappa shape index (κ3) is 4.81. The van der Waals surface area contributed by atoms with Crippen LogP contribution in [0.4, 0.5) is 0 Å². The molecule has 0 aliphatic carbocycles. The van der Waals surface area contributed by atoms with Crippen LogP contribution in [-0.4, -0.2) is 35.7 Å². The van der Waals surface area contributed by atoms with Crippen LogP contribution in [0, 0.1) is 0 Å². The summed E-state index contributed by atoms with van der Waals surface area (Å²) in [5.41, 5.74) is -1.13. The van der Waals surface area contributed by atoms with E-state index in [0.29, 0.717) is 32.5 Å². The molecule has 0 aromatic carbocycles. The molecule has 0 radical (unpaired) electrons. The third-order valence-electron chi connectivity index (χ3n) is 4.04. The zero-order valence-corrected chi connectivity index (χ0v) is 13.5. The molecule has 1 fully saturated rings. The summed E-state index contributed by atoms with van der Waals surface area (Å²) in [7, 11) is 0. The molecule has 1 aliphatic heterocycles. The largest absolute Gasteiger partial charge is 0.480 e. The highest BCUT2D eigenvalue weighted by Gasteiger charge is 2.41. The molecule has 1 amide bonds. The molecule has 1 aromatic heterocycles. The molecule has 1 aliphatic rings. The van der Waals surface area contributed by atoms with Crippen molar-refractivity contribution in [2.75, 3.05) is 13.2 Å². The Labute approximate surface area is 134 Å². The Balaban J connectivity index is 1.67. The van der Waals surface area contributed by atoms with Crippen molar-refractivity contribution in [3.63, 3.8) is 0 Å². The number of thiophene rings is 1. The Kier molecular flexibility index (Phi) is 6.39. The van der Waals surface area contributed by atoms with Crippen LogP contribution in [0.1, 0.15) is 43.4 Å². The minimum atomic E-state index is -1.13. The molecule has 6 heteroatoms. The molecule has 0 bridgehead atoms. The van der Waals surface area contributed by atoms with Gasteiger partial charge in [-0.3, -0.25) is 4.79 Å². The van der Waals surface area contributed by atoms with Crippen molar-refractivity contribution in [2.24, 2.45) is 0 Å². The Morgan fingerprint density at radius 2 is 2.05 bits per heavy atom. The molecule has 2 rings (SSSR count). The lowest BCUT2D eigenvalue weighted by Crippen LogP contribution is -2.57. The monoisotopic (exact) mass is 325 g/mol. The molecule has 2 N–H and O–H groups in total. The quantitative estimate of drug-likeness (QED) is 0.720. The predicted octanol–water partition coefficient (Wildman–Crippen LogP) is 2.60. The van der Waals surface area contributed by atoms with Crippen LogP contribution in [0.3, 0.4) is 0 Å². The number of unbranched alkanes of at least 4 members (excludes halogenated alkanes) is 2. The lowest BCUT2D eigenvalue weighted by Gasteiger charge is -2.33. The predicted molar refractivity (Wildman–Crippen MR) is 85.1 cm³/mol. The summed E-state index contributed by atoms with van der Waals surface area (Å²) < 4.78 is 5.19. The fourth-order valence-corrected chi connectivity index (χ4v) is 3.41. The molecular weight excluding hydrogens is 302 g/mol. The molecule has 0 spiro atoms. The lowest BCUT2D eigenvalue weighted by atomic mass is 9.90. The van der Waals surface area contributed by atoms with Crippen molar-refractivity contribution in [1.82, 2.24) is 5.32 Å². The SMILES string of the molecule is O=C(CCCCCc1cccs1)NC1(C(=O)O)CCOCC1. The number of carboxylic acid groups (broad SMARTS) is 1. The summed E-state index contributed by atoms with van der Waals surface area (Å²) >= 11 is 1.76. The maximum atomic E-state index is 12.0. The van der Waals surface area contributed by atoms with E-state index in [2.05, 4.69) is 16.8 Å². The number of carboxylic acids is 1. The maximum Gasteiger partial charge on any atom is 0.329 e. The van der Waals surface area contributed by atoms with Gasteiger partial charge in [0.15, 0.2) is 0 Å². The van der Waals surface area contributed by atoms with Gasteiger partial charge in [0.05, 0.1) is 0 Å². The number of hydrogen-bond acceptors (Lipinski definition) is 4. The first kappa shape index (κ1) is 17.0. The van der Waals surface area contributed by atoms with Crippen molar-refractivity contribution in [1.29, 1.82) is 0 Å². The first-order chi connectivity index (χ1) is 10.6. The van der Waals surface area contributed by atoms with Crippen molar-refractivity contribution in [2.45, 2.75) is 50.5 Å². The van der Waals surface area contributed by atoms with Crippen molar-refractivity contribution >= 4 is 23.2 Å². The molecule has 1 saturated heterocycles. The van der Waals surface area contributed by atoms with Gasteiger partial charge in [0, 0.05) is 37.4 Å². The van der Waals surface area contributed by atoms with Gasteiger partial charge in [-0.05, 0) is 30.7 Å². The highest BCUT2D eigenvalue weighted by atomic mass is 32.1. The van der Waals surface area contributed by atoms with Crippen LogP contribution in [0.5, 0.6) is 0 Å². The van der Waals surface area contributed by atoms with Gasteiger partial charge in [0.1, 0.15) is 5.54 Å². The zero-order chi connectivity index (χ0) is 15.8. The summed E-state index contributed by atoms with van der Waals surface area (Å²) in [6.07, 6.45) is 4.96. The number of aliphatic carboxylic acids is 1. The Hall–Kier alpha value is -1.40. The van der Waals surface area contributed by atoms with Crippen LogP contribution in [0.15, 0.2) is 17.5 Å². The van der Waals surface area contributed by atoms with E-state index in [-0.39, 0.29) is 5.91 Å². The highest BCUT2D eigenvalue weighted by molar-refractivity contribution is 7.09. The fraction of sp³-hybridized carbons (Fsp3) is 0.625. The first-order valence-corrected chi connectivity index (χ1v) is 8.65. The Morgan fingerprint density at radius 1 is 1.27 bits per heavy atom. The van der Waals surface area contributed by atoms with Crippen molar-refractivity contribution in [3.8, 4) is 0 Å². The number of ether oxygens (including phenoxy) is 1. The topological polar surface area (TPSA) is 75.6 Å². The van der Waals surface area contributed by atoms with Gasteiger partial charge in [-0.15, -0.1) is 11.3 Å². The van der Waals surface area contributed by atoms with Crippen LogP contribution in [0.25, 0.3) is 0 Å². The second-order valence-electron chi connectivity index (χ2n) is 5.69. The average Bonchev–Trinajstić information content (AvgIpc) is 3.01. The number of carbonyl (C=O) groups is 2. The molecule has 5 nitrogen and oxygen atoms in total. The van der Waals surface area contributed by atoms with E-state index >= 15 is 0 Å². The zero-order valence-electron chi connectivity index (χ0n) is 12.7. The number of aryl methyl sites for hydroxylation is 1. The molecular formula is C16H23NO4S. The molecule has 122 valence electrons. The van der Waals surface area contributed by atoms with E-state index in [1.54, 1.807) is 11.3 Å². The van der Waals surface area contributed by atoms with E-state index in [1.165, 1.54) is 4.88 Å². The van der Waals surface area contributed by atoms with E-state index in [9.17, 15) is 14.7 Å². The van der Waals surface area contributed by atoms with Crippen LogP contribution >= 0.6 is 11.3 Å². The van der Waals surface area contributed by atoms with Gasteiger partial charge in [-0.25, -0.2) is 4.79 Å². The fourth-order valence-electron chi connectivity index (χ4n) is 2.66. The Bertz CT molecular complexity index is 480. The highest BCUT2D eigenvalue weighted by Crippen LogP contribution is 2.21. The van der Waals surface area contributed by atoms with E-state index < -0.39 is 11.5 Å². The van der Waals surface area contributed by atoms with Gasteiger partial charge >= 0.3 is 5.97 Å². The van der Waals surface area contributed by atoms with Crippen LogP contribution < -0.4 is 5.32 Å². The number of hydrogen-bond donors (Lipinski definition) is 2. The van der Waals surface area contributed by atoms with Gasteiger partial charge in [-0.2, -0.15) is 0 Å². The number of rotatable bonds is 8. The van der Waals surface area contributed by atoms with Gasteiger partial charge in [0.2, 0.25) is 5.91 Å². The first-order valence-electron chi connectivity index (χ1n) is 7.77. The van der Waals surface area contributed by atoms with Crippen LogP contribution in [-0.2, 0) is 20.7 Å². The van der Waals surface area contributed by atoms with E-state index in [0.717, 1.165) is 25.7 Å². The van der Waals surface area contributed by atoms with Crippen molar-refractivity contribution in [3.05, 3.63) is 22.4 Å². The number of carbonyl (C=O) groups excluding carboxylic acids is 1. The van der Waals surface area contributed by atoms with Crippen LogP contribution in [0.2, 0.25) is 0 Å². The summed E-state index contributed by atoms with van der Waals surface area (Å²) in [5.74, 6) is -1.12. The lowest BCUT2D eigenvalue weighted by molar-refractivity contribution is -0.152. The molecule has 2 heterocycles. The average molecular weight is 325 g/mol. The standard InChI is InChI=1S/C16H23NO4S/c18-14(7-3-1-2-5-13-6-4-12-22-13)17-16(15(19)20)8-10-21-11-9-16/h4,6,12H,1-3,5,7-11H2,(H,17,18)(H,19,20). The van der Waals surface area contributed by atoms with E-state index in [4.69, 9.17) is 4.74 Å². The number of amides is 1. The second-order valence-corrected chi connectivity index (χ2v) is 6.72. The minimum absolute atomic E-state index is 0.166. The molecule has 0 atom stereocenters. The second kappa shape index (κ2) is 8.29. The van der Waals surface area contributed by atoms with E-state index in [1.807, 2.05) is 6.07 Å². The summed E-state index contributed by atoms with van der Waals surface area (Å²) in [4.78, 5) is 24.8. The molecule has 0 saturated carbocycles. The maximum absolute atomic E-state index is 12.0. The normalized spacial score (nSPS) is 17.1. The molecule has 1 aromatic rings. The van der Waals surface area contributed by atoms with Gasteiger partial charge < -0.3 is 15.2 Å². The number of nitrogens with one attached hydrogen (secondary N) is 1. The van der Waals surface area contributed by atoms with Crippen molar-refractivity contribution < 1.29 is 19.4 Å². The summed E-state index contributed by atoms with van der Waals surface area (Å²) in [6.45, 7) is 0.765. The third-order valence-corrected chi connectivity index (χ3v) is 4.98. The van der Waals surface area contributed by atoms with Gasteiger partial charge in [0.25, 0.3) is 0 Å². The minimum Gasteiger partial charge on any atom is -0.480 e. The molecule has 0 unspecified atom stereocenters.